The van der Waals surface area contributed by atoms with Crippen LogP contribution in [0.4, 0.5) is 0 Å². The summed E-state index contributed by atoms with van der Waals surface area (Å²) in [6, 6.07) is 0. The average molecular weight is 157 g/mol. The first-order chi connectivity index (χ1) is 4.68. The Hall–Kier alpha value is -0.240. The quantitative estimate of drug-likeness (QED) is 0.278. The van der Waals surface area contributed by atoms with Gasteiger partial charge in [-0.1, -0.05) is 6.08 Å². The van der Waals surface area contributed by atoms with E-state index in [1.54, 1.807) is 0 Å². The van der Waals surface area contributed by atoms with Gasteiger partial charge in [-0.3, -0.25) is 4.99 Å². The Balaban J connectivity index is 3.57. The van der Waals surface area contributed by atoms with E-state index >= 15 is 0 Å². The summed E-state index contributed by atoms with van der Waals surface area (Å²) in [6.45, 7) is 8.49. The fourth-order valence-corrected chi connectivity index (χ4v) is 0.546. The third-order valence-electron chi connectivity index (χ3n) is 1.30. The fourth-order valence-electron chi connectivity index (χ4n) is 0.464. The maximum absolute atomic E-state index is 4.28. The van der Waals surface area contributed by atoms with Crippen molar-refractivity contribution in [1.82, 2.24) is 0 Å². The number of nitrogens with zero attached hydrogens (tertiary/aromatic N) is 1. The molecule has 2 heteroatoms. The molecule has 1 unspecified atom stereocenters. The average Bonchev–Trinajstić information content (AvgIpc) is 1.88. The molecule has 0 aliphatic rings. The minimum Gasteiger partial charge on any atom is -0.293 e. The van der Waals surface area contributed by atoms with E-state index in [4.69, 9.17) is 0 Å². The van der Waals surface area contributed by atoms with Crippen molar-refractivity contribution in [2.75, 3.05) is 6.54 Å². The lowest BCUT2D eigenvalue weighted by molar-refractivity contribution is 0.997. The largest absolute Gasteiger partial charge is 0.293 e. The van der Waals surface area contributed by atoms with Crippen molar-refractivity contribution in [3.05, 3.63) is 12.7 Å². The Morgan fingerprint density at radius 2 is 2.40 bits per heavy atom. The van der Waals surface area contributed by atoms with Gasteiger partial charge < -0.3 is 0 Å². The molecule has 0 spiro atoms. The van der Waals surface area contributed by atoms with E-state index in [9.17, 15) is 0 Å². The lowest BCUT2D eigenvalue weighted by Crippen LogP contribution is -2.05. The molecular weight excluding hydrogens is 142 g/mol. The summed E-state index contributed by atoms with van der Waals surface area (Å²) in [5.41, 5.74) is 1.10. The van der Waals surface area contributed by atoms with Crippen molar-refractivity contribution in [2.45, 2.75) is 25.5 Å². The van der Waals surface area contributed by atoms with Crippen LogP contribution in [0.2, 0.25) is 0 Å². The van der Waals surface area contributed by atoms with E-state index in [1.807, 2.05) is 19.9 Å². The van der Waals surface area contributed by atoms with Crippen LogP contribution in [0.15, 0.2) is 17.6 Å². The van der Waals surface area contributed by atoms with E-state index in [2.05, 4.69) is 24.2 Å². The molecular formula is C8H15NS. The highest BCUT2D eigenvalue weighted by Gasteiger charge is 1.95. The molecule has 1 atom stereocenters. The number of hydrogen-bond donors (Lipinski definition) is 1. The van der Waals surface area contributed by atoms with Crippen LogP contribution in [-0.4, -0.2) is 17.5 Å². The highest BCUT2D eigenvalue weighted by Crippen LogP contribution is 1.96. The Morgan fingerprint density at radius 3 is 2.80 bits per heavy atom. The van der Waals surface area contributed by atoms with Crippen LogP contribution in [0.1, 0.15) is 20.3 Å². The molecule has 0 rings (SSSR count). The fraction of sp³-hybridized carbons (Fsp3) is 0.625. The van der Waals surface area contributed by atoms with Crippen LogP contribution >= 0.6 is 12.6 Å². The van der Waals surface area contributed by atoms with Gasteiger partial charge in [0.2, 0.25) is 0 Å². The summed E-state index contributed by atoms with van der Waals surface area (Å²) < 4.78 is 0. The Labute approximate surface area is 68.7 Å². The molecule has 0 saturated heterocycles. The second-order valence-corrected chi connectivity index (χ2v) is 3.05. The standard InChI is InChI=1S/C8H15NS/c1-4-5-6-9-7(2)8(3)10/h4,8,10H,1,5-6H2,2-3H3/b9-7+. The smallest absolute Gasteiger partial charge is 0.0423 e. The molecule has 58 valence electrons. The van der Waals surface area contributed by atoms with Crippen molar-refractivity contribution in [2.24, 2.45) is 4.99 Å². The highest BCUT2D eigenvalue weighted by molar-refractivity contribution is 7.81. The Bertz CT molecular complexity index is 127. The van der Waals surface area contributed by atoms with Gasteiger partial charge >= 0.3 is 0 Å². The minimum atomic E-state index is 0.282. The Kier molecular flexibility index (Phi) is 5.40. The zero-order valence-electron chi connectivity index (χ0n) is 6.67. The summed E-state index contributed by atoms with van der Waals surface area (Å²) in [7, 11) is 0. The van der Waals surface area contributed by atoms with Gasteiger partial charge in [0.25, 0.3) is 0 Å². The lowest BCUT2D eigenvalue weighted by Gasteiger charge is -2.01. The van der Waals surface area contributed by atoms with Gasteiger partial charge in [-0.25, -0.2) is 0 Å². The summed E-state index contributed by atoms with van der Waals surface area (Å²) in [5.74, 6) is 0. The summed E-state index contributed by atoms with van der Waals surface area (Å²) >= 11 is 4.24. The molecule has 0 aromatic heterocycles. The minimum absolute atomic E-state index is 0.282. The van der Waals surface area contributed by atoms with Crippen LogP contribution in [-0.2, 0) is 0 Å². The van der Waals surface area contributed by atoms with Crippen molar-refractivity contribution in [3.8, 4) is 0 Å². The van der Waals surface area contributed by atoms with Gasteiger partial charge in [-0.05, 0) is 20.3 Å². The number of hydrogen-bond acceptors (Lipinski definition) is 2. The number of rotatable bonds is 4. The predicted molar refractivity (Wildman–Crippen MR) is 51.2 cm³/mol. The van der Waals surface area contributed by atoms with E-state index < -0.39 is 0 Å². The number of thiol groups is 1. The van der Waals surface area contributed by atoms with Crippen molar-refractivity contribution in [3.63, 3.8) is 0 Å². The maximum atomic E-state index is 4.28. The van der Waals surface area contributed by atoms with Gasteiger partial charge in [0.15, 0.2) is 0 Å². The van der Waals surface area contributed by atoms with E-state index in [0.29, 0.717) is 0 Å². The normalized spacial score (nSPS) is 14.9. The second kappa shape index (κ2) is 5.54. The van der Waals surface area contributed by atoms with Crippen molar-refractivity contribution in [1.29, 1.82) is 0 Å². The summed E-state index contributed by atoms with van der Waals surface area (Å²) in [4.78, 5) is 4.28. The zero-order valence-corrected chi connectivity index (χ0v) is 7.56. The first-order valence-electron chi connectivity index (χ1n) is 3.48. The van der Waals surface area contributed by atoms with Crippen LogP contribution < -0.4 is 0 Å². The zero-order chi connectivity index (χ0) is 7.98. The highest BCUT2D eigenvalue weighted by atomic mass is 32.1. The molecule has 0 aliphatic heterocycles. The molecule has 0 fully saturated rings. The summed E-state index contributed by atoms with van der Waals surface area (Å²) in [6.07, 6.45) is 2.83. The van der Waals surface area contributed by atoms with Crippen LogP contribution in [0.5, 0.6) is 0 Å². The topological polar surface area (TPSA) is 12.4 Å². The molecule has 0 bridgehead atoms. The monoisotopic (exact) mass is 157 g/mol. The molecule has 0 heterocycles. The van der Waals surface area contributed by atoms with Gasteiger partial charge in [0.05, 0.1) is 0 Å². The SMILES string of the molecule is C=CCC/N=C(\C)C(C)S. The van der Waals surface area contributed by atoms with Gasteiger partial charge in [-0.15, -0.1) is 6.58 Å². The molecule has 0 amide bonds. The number of aliphatic imine (C=N–C) groups is 1. The first kappa shape index (κ1) is 9.76. The lowest BCUT2D eigenvalue weighted by atomic mass is 10.3. The molecule has 0 aromatic carbocycles. The molecule has 0 saturated carbocycles. The third kappa shape index (κ3) is 4.62. The second-order valence-electron chi connectivity index (χ2n) is 2.28. The van der Waals surface area contributed by atoms with Crippen LogP contribution in [0, 0.1) is 0 Å². The van der Waals surface area contributed by atoms with Gasteiger partial charge in [0.1, 0.15) is 0 Å². The van der Waals surface area contributed by atoms with Gasteiger partial charge in [-0.2, -0.15) is 12.6 Å². The maximum Gasteiger partial charge on any atom is 0.0423 e. The summed E-state index contributed by atoms with van der Waals surface area (Å²) in [5, 5.41) is 0.282. The van der Waals surface area contributed by atoms with Crippen LogP contribution in [0.25, 0.3) is 0 Å². The molecule has 0 aromatic rings. The predicted octanol–water partition coefficient (Wildman–Crippen LogP) is 2.34. The molecule has 1 nitrogen and oxygen atoms in total. The Morgan fingerprint density at radius 1 is 1.80 bits per heavy atom. The van der Waals surface area contributed by atoms with E-state index in [-0.39, 0.29) is 5.25 Å². The van der Waals surface area contributed by atoms with E-state index in [0.717, 1.165) is 18.7 Å². The van der Waals surface area contributed by atoms with E-state index in [1.165, 1.54) is 0 Å². The van der Waals surface area contributed by atoms with Crippen LogP contribution in [0.3, 0.4) is 0 Å². The first-order valence-corrected chi connectivity index (χ1v) is 4.00. The molecule has 0 aliphatic carbocycles. The van der Waals surface area contributed by atoms with Crippen molar-refractivity contribution < 1.29 is 0 Å². The van der Waals surface area contributed by atoms with Crippen molar-refractivity contribution >= 4 is 18.3 Å². The van der Waals surface area contributed by atoms with Gasteiger partial charge in [0, 0.05) is 17.5 Å². The molecule has 10 heavy (non-hydrogen) atoms. The molecule has 0 radical (unpaired) electrons. The third-order valence-corrected chi connectivity index (χ3v) is 1.67. The molecule has 0 N–H and O–H groups in total.